The minimum Gasteiger partial charge on any atom is -0.322 e. The van der Waals surface area contributed by atoms with Crippen molar-refractivity contribution in [3.05, 3.63) is 53.1 Å². The normalized spacial score (nSPS) is 13.0. The zero-order valence-electron chi connectivity index (χ0n) is 11.6. The summed E-state index contributed by atoms with van der Waals surface area (Å²) >= 11 is 7.66. The molecule has 0 unspecified atom stereocenters. The van der Waals surface area contributed by atoms with Crippen LogP contribution in [0.3, 0.4) is 0 Å². The van der Waals surface area contributed by atoms with Gasteiger partial charge in [-0.15, -0.1) is 0 Å². The van der Waals surface area contributed by atoms with Crippen molar-refractivity contribution < 1.29 is 9.36 Å². The summed E-state index contributed by atoms with van der Waals surface area (Å²) in [7, 11) is 0. The number of nitrogens with one attached hydrogen (secondary N) is 2. The molecule has 0 saturated carbocycles. The van der Waals surface area contributed by atoms with E-state index in [1.54, 1.807) is 35.6 Å². The number of halogens is 1. The molecule has 4 nitrogen and oxygen atoms in total. The zero-order chi connectivity index (χ0) is 15.1. The van der Waals surface area contributed by atoms with Crippen LogP contribution in [-0.4, -0.2) is 12.5 Å². The molecular weight excluding hydrogens is 318 g/mol. The third-order valence-electron chi connectivity index (χ3n) is 3.66. The number of thiazole rings is 1. The fourth-order valence-electron chi connectivity index (χ4n) is 2.62. The molecule has 0 saturated heterocycles. The summed E-state index contributed by atoms with van der Waals surface area (Å²) in [6.45, 7) is 1.92. The molecule has 3 aromatic rings. The van der Waals surface area contributed by atoms with Gasteiger partial charge >= 0.3 is 5.13 Å². The average molecular weight is 331 g/mol. The number of amides is 1. The van der Waals surface area contributed by atoms with Crippen LogP contribution < -0.4 is 15.2 Å². The molecule has 22 heavy (non-hydrogen) atoms. The van der Waals surface area contributed by atoms with E-state index < -0.39 is 0 Å². The Balaban J connectivity index is 1.65. The van der Waals surface area contributed by atoms with Gasteiger partial charge in [-0.2, -0.15) is 0 Å². The molecule has 4 rings (SSSR count). The topological polar surface area (TPSA) is 45.0 Å². The van der Waals surface area contributed by atoms with Crippen LogP contribution in [0, 0.1) is 0 Å². The highest BCUT2D eigenvalue weighted by atomic mass is 35.5. The van der Waals surface area contributed by atoms with Crippen molar-refractivity contribution in [3.63, 3.8) is 0 Å². The van der Waals surface area contributed by atoms with Crippen molar-refractivity contribution in [2.45, 2.75) is 6.54 Å². The summed E-state index contributed by atoms with van der Waals surface area (Å²) in [6.07, 6.45) is 0. The molecule has 0 fully saturated rings. The number of anilines is 2. The lowest BCUT2D eigenvalue weighted by Crippen LogP contribution is -2.28. The maximum Gasteiger partial charge on any atom is 0.335 e. The monoisotopic (exact) mass is 330 g/mol. The molecule has 6 heteroatoms. The van der Waals surface area contributed by atoms with Crippen molar-refractivity contribution in [1.29, 1.82) is 0 Å². The van der Waals surface area contributed by atoms with E-state index in [9.17, 15) is 4.79 Å². The standard InChI is InChI=1S/C16H12ClN3OS/c17-11-3-1-2-10(8-11)15(21)19-12-4-5-14-13(9-12)20-7-6-18-16(20)22-14/h1-5,8-9H,6-7H2,(H,19,21)/p+1. The molecule has 0 radical (unpaired) electrons. The largest absolute Gasteiger partial charge is 0.335 e. The molecule has 0 spiro atoms. The summed E-state index contributed by atoms with van der Waals surface area (Å²) in [4.78, 5) is 12.3. The number of benzene rings is 2. The van der Waals surface area contributed by atoms with E-state index in [4.69, 9.17) is 11.6 Å². The highest BCUT2D eigenvalue weighted by Crippen LogP contribution is 2.28. The second-order valence-electron chi connectivity index (χ2n) is 5.13. The van der Waals surface area contributed by atoms with Gasteiger partial charge in [-0.25, -0.2) is 4.57 Å². The first-order valence-corrected chi connectivity index (χ1v) is 8.17. The zero-order valence-corrected chi connectivity index (χ0v) is 13.2. The second-order valence-corrected chi connectivity index (χ2v) is 6.60. The molecule has 2 heterocycles. The molecule has 2 aromatic carbocycles. The fourth-order valence-corrected chi connectivity index (χ4v) is 3.90. The van der Waals surface area contributed by atoms with Crippen LogP contribution in [0.5, 0.6) is 0 Å². The fraction of sp³-hybridized carbons (Fsp3) is 0.125. The number of aromatic nitrogens is 1. The first-order chi connectivity index (χ1) is 10.7. The van der Waals surface area contributed by atoms with Gasteiger partial charge in [-0.05, 0) is 41.7 Å². The van der Waals surface area contributed by atoms with Crippen LogP contribution in [-0.2, 0) is 6.54 Å². The Hall–Kier alpha value is -2.11. The number of hydrogen-bond acceptors (Lipinski definition) is 3. The molecule has 0 atom stereocenters. The van der Waals surface area contributed by atoms with E-state index in [0.29, 0.717) is 10.6 Å². The van der Waals surface area contributed by atoms with Gasteiger partial charge in [0.05, 0.1) is 4.70 Å². The van der Waals surface area contributed by atoms with Crippen molar-refractivity contribution in [2.75, 3.05) is 17.2 Å². The van der Waals surface area contributed by atoms with Crippen molar-refractivity contribution in [3.8, 4) is 0 Å². The van der Waals surface area contributed by atoms with Crippen LogP contribution in [0.15, 0.2) is 42.5 Å². The van der Waals surface area contributed by atoms with Gasteiger partial charge in [-0.3, -0.25) is 10.1 Å². The van der Waals surface area contributed by atoms with Crippen LogP contribution in [0.4, 0.5) is 10.8 Å². The van der Waals surface area contributed by atoms with Crippen LogP contribution >= 0.6 is 22.9 Å². The van der Waals surface area contributed by atoms with Crippen molar-refractivity contribution in [1.82, 2.24) is 0 Å². The molecule has 1 aliphatic heterocycles. The summed E-state index contributed by atoms with van der Waals surface area (Å²) in [5.41, 5.74) is 2.49. The third kappa shape index (κ3) is 2.32. The van der Waals surface area contributed by atoms with Crippen molar-refractivity contribution >= 4 is 49.9 Å². The first kappa shape index (κ1) is 13.5. The van der Waals surface area contributed by atoms with Crippen LogP contribution in [0.25, 0.3) is 10.2 Å². The van der Waals surface area contributed by atoms with Gasteiger partial charge in [0.15, 0.2) is 0 Å². The Morgan fingerprint density at radius 2 is 2.18 bits per heavy atom. The smallest absolute Gasteiger partial charge is 0.322 e. The molecule has 1 amide bonds. The summed E-state index contributed by atoms with van der Waals surface area (Å²) in [6, 6.07) is 12.9. The minimum absolute atomic E-state index is 0.156. The van der Waals surface area contributed by atoms with E-state index in [2.05, 4.69) is 15.2 Å². The molecule has 0 bridgehead atoms. The quantitative estimate of drug-likeness (QED) is 0.706. The van der Waals surface area contributed by atoms with Gasteiger partial charge in [-0.1, -0.05) is 17.7 Å². The van der Waals surface area contributed by atoms with Gasteiger partial charge < -0.3 is 5.32 Å². The molecule has 110 valence electrons. The van der Waals surface area contributed by atoms with Gasteiger partial charge in [0.2, 0.25) is 0 Å². The lowest BCUT2D eigenvalue weighted by Gasteiger charge is -2.05. The maximum absolute atomic E-state index is 12.3. The Morgan fingerprint density at radius 3 is 3.05 bits per heavy atom. The molecule has 1 aliphatic rings. The maximum atomic E-state index is 12.3. The van der Waals surface area contributed by atoms with E-state index in [1.807, 2.05) is 18.2 Å². The third-order valence-corrected chi connectivity index (χ3v) is 5.02. The van der Waals surface area contributed by atoms with Crippen LogP contribution in [0.1, 0.15) is 10.4 Å². The second kappa shape index (κ2) is 5.26. The number of fused-ring (bicyclic) bond motifs is 3. The van der Waals surface area contributed by atoms with E-state index in [-0.39, 0.29) is 5.91 Å². The molecule has 1 aromatic heterocycles. The van der Waals surface area contributed by atoms with Crippen molar-refractivity contribution in [2.24, 2.45) is 0 Å². The number of rotatable bonds is 2. The number of carbonyl (C=O) groups excluding carboxylic acids is 1. The van der Waals surface area contributed by atoms with Gasteiger partial charge in [0.25, 0.3) is 5.91 Å². The lowest BCUT2D eigenvalue weighted by molar-refractivity contribution is -0.640. The Morgan fingerprint density at radius 1 is 1.27 bits per heavy atom. The lowest BCUT2D eigenvalue weighted by atomic mass is 10.2. The van der Waals surface area contributed by atoms with E-state index in [1.165, 1.54) is 9.83 Å². The van der Waals surface area contributed by atoms with Crippen LogP contribution in [0.2, 0.25) is 5.02 Å². The predicted octanol–water partition coefficient (Wildman–Crippen LogP) is 3.52. The molecule has 0 aliphatic carbocycles. The Bertz CT molecular complexity index is 890. The number of nitrogens with zero attached hydrogens (tertiary/aromatic N) is 1. The highest BCUT2D eigenvalue weighted by Gasteiger charge is 2.23. The minimum atomic E-state index is -0.156. The van der Waals surface area contributed by atoms with E-state index in [0.717, 1.165) is 24.3 Å². The highest BCUT2D eigenvalue weighted by molar-refractivity contribution is 7.21. The SMILES string of the molecule is O=C(Nc1ccc2sc3[n+](c2c1)CCN3)c1cccc(Cl)c1. The number of carbonyl (C=O) groups is 1. The summed E-state index contributed by atoms with van der Waals surface area (Å²) < 4.78 is 3.46. The predicted molar refractivity (Wildman–Crippen MR) is 89.9 cm³/mol. The van der Waals surface area contributed by atoms with Gasteiger partial charge in [0.1, 0.15) is 18.6 Å². The summed E-state index contributed by atoms with van der Waals surface area (Å²) in [5.74, 6) is -0.156. The number of hydrogen-bond donors (Lipinski definition) is 2. The molecule has 2 N–H and O–H groups in total. The first-order valence-electron chi connectivity index (χ1n) is 6.98. The van der Waals surface area contributed by atoms with Gasteiger partial charge in [0, 0.05) is 22.3 Å². The average Bonchev–Trinajstić information content (AvgIpc) is 3.08. The van der Waals surface area contributed by atoms with E-state index >= 15 is 0 Å². The molecular formula is C16H13ClN3OS+. The summed E-state index contributed by atoms with van der Waals surface area (Å²) in [5, 5.41) is 8.02. The Kier molecular flexibility index (Phi) is 3.24. The Labute approximate surface area is 136 Å².